The predicted molar refractivity (Wildman–Crippen MR) is 80.6 cm³/mol. The molecule has 2 aromatic heterocycles. The van der Waals surface area contributed by atoms with E-state index in [1.165, 1.54) is 0 Å². The molecule has 2 aliphatic rings. The Hall–Kier alpha value is -2.37. The van der Waals surface area contributed by atoms with Crippen molar-refractivity contribution in [1.29, 1.82) is 0 Å². The number of rotatable bonds is 2. The van der Waals surface area contributed by atoms with Gasteiger partial charge in [-0.2, -0.15) is 0 Å². The Morgan fingerprint density at radius 3 is 2.41 bits per heavy atom. The van der Waals surface area contributed by atoms with Crippen LogP contribution < -0.4 is 4.90 Å². The molecule has 114 valence electrons. The van der Waals surface area contributed by atoms with Gasteiger partial charge in [-0.25, -0.2) is 9.97 Å². The Labute approximate surface area is 128 Å². The van der Waals surface area contributed by atoms with Crippen LogP contribution in [0, 0.1) is 18.8 Å². The molecule has 0 aromatic carbocycles. The number of hydrogen-bond donors (Lipinski definition) is 0. The molecule has 0 bridgehead atoms. The Morgan fingerprint density at radius 1 is 1.14 bits per heavy atom. The molecular weight excluding hydrogens is 280 g/mol. The minimum Gasteiger partial charge on any atom is -0.456 e. The quantitative estimate of drug-likeness (QED) is 0.842. The smallest absolute Gasteiger partial charge is 0.289 e. The summed E-state index contributed by atoms with van der Waals surface area (Å²) in [5.41, 5.74) is 0. The number of furan rings is 1. The van der Waals surface area contributed by atoms with Gasteiger partial charge in [0.05, 0.1) is 0 Å². The van der Waals surface area contributed by atoms with Crippen LogP contribution in [-0.2, 0) is 0 Å². The van der Waals surface area contributed by atoms with Crippen LogP contribution in [-0.4, -0.2) is 47.0 Å². The van der Waals surface area contributed by atoms with E-state index in [9.17, 15) is 4.79 Å². The van der Waals surface area contributed by atoms with Crippen LogP contribution in [0.1, 0.15) is 16.3 Å². The number of anilines is 1. The fourth-order valence-electron chi connectivity index (χ4n) is 3.48. The molecule has 0 saturated carbocycles. The topological polar surface area (TPSA) is 62.5 Å². The molecule has 1 amide bonds. The second-order valence-corrected chi connectivity index (χ2v) is 6.09. The number of fused-ring (bicyclic) bond motifs is 1. The van der Waals surface area contributed by atoms with Gasteiger partial charge in [-0.1, -0.05) is 0 Å². The summed E-state index contributed by atoms with van der Waals surface area (Å²) in [6.45, 7) is 5.25. The van der Waals surface area contributed by atoms with Gasteiger partial charge in [-0.15, -0.1) is 0 Å². The SMILES string of the molecule is Cc1ccc(C(=O)N2C[C@@H]3CN(c4ncccn4)C[C@@H]3C2)o1. The third kappa shape index (κ3) is 2.24. The highest BCUT2D eigenvalue weighted by Gasteiger charge is 2.42. The van der Waals surface area contributed by atoms with Crippen molar-refractivity contribution in [3.63, 3.8) is 0 Å². The third-order valence-corrected chi connectivity index (χ3v) is 4.56. The molecule has 6 nitrogen and oxygen atoms in total. The fraction of sp³-hybridized carbons (Fsp3) is 0.438. The minimum absolute atomic E-state index is 0.00464. The van der Waals surface area contributed by atoms with E-state index in [4.69, 9.17) is 4.42 Å². The van der Waals surface area contributed by atoms with Crippen LogP contribution >= 0.6 is 0 Å². The van der Waals surface area contributed by atoms with Crippen LogP contribution in [0.2, 0.25) is 0 Å². The van der Waals surface area contributed by atoms with Gasteiger partial charge in [0.15, 0.2) is 5.76 Å². The molecule has 0 unspecified atom stereocenters. The van der Waals surface area contributed by atoms with Gasteiger partial charge in [0.2, 0.25) is 5.95 Å². The monoisotopic (exact) mass is 298 g/mol. The van der Waals surface area contributed by atoms with E-state index in [-0.39, 0.29) is 5.91 Å². The number of aromatic nitrogens is 2. The highest BCUT2D eigenvalue weighted by atomic mass is 16.3. The Morgan fingerprint density at radius 2 is 1.82 bits per heavy atom. The van der Waals surface area contributed by atoms with Gasteiger partial charge < -0.3 is 14.2 Å². The lowest BCUT2D eigenvalue weighted by Crippen LogP contribution is -2.33. The first-order chi connectivity index (χ1) is 10.7. The van der Waals surface area contributed by atoms with Crippen molar-refractivity contribution in [3.05, 3.63) is 42.1 Å². The van der Waals surface area contributed by atoms with Crippen molar-refractivity contribution in [2.45, 2.75) is 6.92 Å². The van der Waals surface area contributed by atoms with E-state index in [0.717, 1.165) is 37.9 Å². The molecule has 2 aromatic rings. The van der Waals surface area contributed by atoms with Crippen LogP contribution in [0.5, 0.6) is 0 Å². The van der Waals surface area contributed by atoms with Crippen molar-refractivity contribution in [1.82, 2.24) is 14.9 Å². The number of likely N-dealkylation sites (tertiary alicyclic amines) is 1. The molecule has 0 spiro atoms. The summed E-state index contributed by atoms with van der Waals surface area (Å²) >= 11 is 0. The Kier molecular flexibility index (Phi) is 3.10. The van der Waals surface area contributed by atoms with Crippen molar-refractivity contribution in [2.24, 2.45) is 11.8 Å². The van der Waals surface area contributed by atoms with Gasteiger partial charge in [0, 0.05) is 50.4 Å². The normalized spacial score (nSPS) is 23.9. The van der Waals surface area contributed by atoms with Crippen LogP contribution in [0.15, 0.2) is 35.0 Å². The van der Waals surface area contributed by atoms with Gasteiger partial charge >= 0.3 is 0 Å². The minimum atomic E-state index is 0.00464. The summed E-state index contributed by atoms with van der Waals surface area (Å²) in [5, 5.41) is 0. The van der Waals surface area contributed by atoms with Crippen LogP contribution in [0.4, 0.5) is 5.95 Å². The zero-order valence-corrected chi connectivity index (χ0v) is 12.5. The maximum absolute atomic E-state index is 12.4. The third-order valence-electron chi connectivity index (χ3n) is 4.56. The van der Waals surface area contributed by atoms with Crippen molar-refractivity contribution < 1.29 is 9.21 Å². The largest absolute Gasteiger partial charge is 0.456 e. The molecule has 2 atom stereocenters. The maximum atomic E-state index is 12.4. The molecule has 2 aliphatic heterocycles. The number of aryl methyl sites for hydroxylation is 1. The van der Waals surface area contributed by atoms with E-state index in [1.807, 2.05) is 24.0 Å². The number of carbonyl (C=O) groups excluding carboxylic acids is 1. The Balaban J connectivity index is 1.42. The molecule has 6 heteroatoms. The standard InChI is InChI=1S/C16H18N4O2/c1-11-3-4-14(22-11)15(21)19-7-12-9-20(10-13(12)8-19)16-17-5-2-6-18-16/h2-6,12-13H,7-10H2,1H3/t12-,13+. The summed E-state index contributed by atoms with van der Waals surface area (Å²) in [6, 6.07) is 5.42. The average molecular weight is 298 g/mol. The average Bonchev–Trinajstić information content (AvgIpc) is 3.21. The summed E-state index contributed by atoms with van der Waals surface area (Å²) < 4.78 is 5.45. The summed E-state index contributed by atoms with van der Waals surface area (Å²) in [6.07, 6.45) is 3.54. The zero-order valence-electron chi connectivity index (χ0n) is 12.5. The zero-order chi connectivity index (χ0) is 15.1. The lowest BCUT2D eigenvalue weighted by atomic mass is 10.0. The van der Waals surface area contributed by atoms with E-state index < -0.39 is 0 Å². The lowest BCUT2D eigenvalue weighted by Gasteiger charge is -2.21. The van der Waals surface area contributed by atoms with E-state index in [0.29, 0.717) is 17.6 Å². The van der Waals surface area contributed by atoms with Gasteiger partial charge in [-0.3, -0.25) is 4.79 Å². The van der Waals surface area contributed by atoms with Gasteiger partial charge in [0.1, 0.15) is 5.76 Å². The van der Waals surface area contributed by atoms with Crippen molar-refractivity contribution in [3.8, 4) is 0 Å². The summed E-state index contributed by atoms with van der Waals surface area (Å²) in [7, 11) is 0. The lowest BCUT2D eigenvalue weighted by molar-refractivity contribution is 0.0749. The molecule has 0 radical (unpaired) electrons. The number of amides is 1. The second kappa shape index (κ2) is 5.12. The molecule has 22 heavy (non-hydrogen) atoms. The molecule has 4 rings (SSSR count). The van der Waals surface area contributed by atoms with Gasteiger partial charge in [-0.05, 0) is 25.1 Å². The second-order valence-electron chi connectivity index (χ2n) is 6.09. The first-order valence-corrected chi connectivity index (χ1v) is 7.58. The maximum Gasteiger partial charge on any atom is 0.289 e. The Bertz CT molecular complexity index is 670. The van der Waals surface area contributed by atoms with E-state index in [1.54, 1.807) is 18.5 Å². The highest BCUT2D eigenvalue weighted by Crippen LogP contribution is 2.33. The molecule has 0 aliphatic carbocycles. The summed E-state index contributed by atoms with van der Waals surface area (Å²) in [5.74, 6) is 2.99. The van der Waals surface area contributed by atoms with Crippen molar-refractivity contribution in [2.75, 3.05) is 31.1 Å². The van der Waals surface area contributed by atoms with Crippen LogP contribution in [0.3, 0.4) is 0 Å². The number of hydrogen-bond acceptors (Lipinski definition) is 5. The fourth-order valence-corrected chi connectivity index (χ4v) is 3.48. The molecular formula is C16H18N4O2. The van der Waals surface area contributed by atoms with E-state index >= 15 is 0 Å². The number of nitrogens with zero attached hydrogens (tertiary/aromatic N) is 4. The predicted octanol–water partition coefficient (Wildman–Crippen LogP) is 1.59. The highest BCUT2D eigenvalue weighted by molar-refractivity contribution is 5.91. The van der Waals surface area contributed by atoms with Crippen LogP contribution in [0.25, 0.3) is 0 Å². The van der Waals surface area contributed by atoms with Crippen molar-refractivity contribution >= 4 is 11.9 Å². The first-order valence-electron chi connectivity index (χ1n) is 7.58. The first kappa shape index (κ1) is 13.3. The molecule has 4 heterocycles. The molecule has 0 N–H and O–H groups in total. The number of carbonyl (C=O) groups is 1. The van der Waals surface area contributed by atoms with Gasteiger partial charge in [0.25, 0.3) is 5.91 Å². The molecule has 2 fully saturated rings. The molecule has 2 saturated heterocycles. The summed E-state index contributed by atoms with van der Waals surface area (Å²) in [4.78, 5) is 25.2. The van der Waals surface area contributed by atoms with E-state index in [2.05, 4.69) is 14.9 Å².